The topological polar surface area (TPSA) is 89.0 Å². The zero-order valence-electron chi connectivity index (χ0n) is 18.8. The van der Waals surface area contributed by atoms with Gasteiger partial charge in [0.25, 0.3) is 5.91 Å². The quantitative estimate of drug-likeness (QED) is 0.174. The first kappa shape index (κ1) is 25.8. The van der Waals surface area contributed by atoms with E-state index < -0.39 is 0 Å². The Labute approximate surface area is 207 Å². The minimum atomic E-state index is -0.180. The van der Waals surface area contributed by atoms with Crippen LogP contribution in [-0.4, -0.2) is 49.7 Å². The van der Waals surface area contributed by atoms with Gasteiger partial charge in [-0.25, -0.2) is 0 Å². The van der Waals surface area contributed by atoms with Crippen LogP contribution in [0, 0.1) is 0 Å². The first-order valence-corrected chi connectivity index (χ1v) is 11.0. The molecular formula is C24H34IN5O2. The molecule has 0 aliphatic carbocycles. The van der Waals surface area contributed by atoms with E-state index in [2.05, 4.69) is 57.0 Å². The summed E-state index contributed by atoms with van der Waals surface area (Å²) in [6.45, 7) is 8.06. The predicted octanol–water partition coefficient (Wildman–Crippen LogP) is 3.66. The molecule has 2 aromatic rings. The maximum atomic E-state index is 12.2. The van der Waals surface area contributed by atoms with Crippen LogP contribution >= 0.6 is 24.0 Å². The third-order valence-electron chi connectivity index (χ3n) is 5.34. The van der Waals surface area contributed by atoms with Gasteiger partial charge in [0.2, 0.25) is 0 Å². The maximum absolute atomic E-state index is 12.2. The molecule has 1 unspecified atom stereocenters. The van der Waals surface area contributed by atoms with Crippen LogP contribution in [0.15, 0.2) is 53.5 Å². The van der Waals surface area contributed by atoms with Crippen molar-refractivity contribution in [3.05, 3.63) is 59.7 Å². The molecular weight excluding hydrogens is 517 g/mol. The van der Waals surface area contributed by atoms with Crippen LogP contribution in [0.3, 0.4) is 0 Å². The minimum absolute atomic E-state index is 0. The second kappa shape index (κ2) is 13.1. The number of anilines is 1. The monoisotopic (exact) mass is 551 g/mol. The lowest BCUT2D eigenvalue weighted by atomic mass is 10.1. The van der Waals surface area contributed by atoms with E-state index in [4.69, 9.17) is 0 Å². The van der Waals surface area contributed by atoms with Gasteiger partial charge in [0.1, 0.15) is 5.75 Å². The van der Waals surface area contributed by atoms with Crippen molar-refractivity contribution in [2.75, 3.05) is 37.6 Å². The molecule has 4 N–H and O–H groups in total. The number of carbonyl (C=O) groups excluding carboxylic acids is 1. The van der Waals surface area contributed by atoms with Gasteiger partial charge in [-0.1, -0.05) is 12.1 Å². The lowest BCUT2D eigenvalue weighted by Crippen LogP contribution is -2.39. The number of guanidine groups is 1. The zero-order chi connectivity index (χ0) is 22.1. The van der Waals surface area contributed by atoms with E-state index in [9.17, 15) is 9.90 Å². The van der Waals surface area contributed by atoms with Crippen molar-refractivity contribution in [3.63, 3.8) is 0 Å². The summed E-state index contributed by atoms with van der Waals surface area (Å²) in [6, 6.07) is 15.0. The highest BCUT2D eigenvalue weighted by atomic mass is 127. The Bertz CT molecular complexity index is 882. The second-order valence-electron chi connectivity index (χ2n) is 7.72. The summed E-state index contributed by atoms with van der Waals surface area (Å²) < 4.78 is 0. The summed E-state index contributed by atoms with van der Waals surface area (Å²) in [5.41, 5.74) is 3.01. The van der Waals surface area contributed by atoms with Crippen molar-refractivity contribution in [3.8, 4) is 5.75 Å². The Kier molecular flexibility index (Phi) is 10.6. The van der Waals surface area contributed by atoms with Crippen molar-refractivity contribution in [1.29, 1.82) is 0 Å². The lowest BCUT2D eigenvalue weighted by molar-refractivity contribution is 0.0955. The number of benzene rings is 2. The Morgan fingerprint density at radius 1 is 1.12 bits per heavy atom. The van der Waals surface area contributed by atoms with Crippen LogP contribution in [-0.2, 0) is 0 Å². The highest BCUT2D eigenvalue weighted by Crippen LogP contribution is 2.23. The lowest BCUT2D eigenvalue weighted by Gasteiger charge is -2.22. The maximum Gasteiger partial charge on any atom is 0.251 e. The molecule has 1 amide bonds. The normalized spacial score (nSPS) is 14.4. The van der Waals surface area contributed by atoms with Gasteiger partial charge < -0.3 is 26.0 Å². The molecule has 1 aliphatic rings. The van der Waals surface area contributed by atoms with Gasteiger partial charge in [0.15, 0.2) is 5.96 Å². The standard InChI is InChI=1S/C24H33N5O2.HI/c1-3-25-24(27-14-13-26-23(31)19-9-11-22(30)12-10-19)28-18(2)20-7-6-8-21(17-20)29-15-4-5-16-29;/h6-12,17-18,30H,3-5,13-16H2,1-2H3,(H,26,31)(H2,25,27,28);1H. The van der Waals surface area contributed by atoms with Crippen molar-refractivity contribution in [2.24, 2.45) is 4.99 Å². The number of amides is 1. The van der Waals surface area contributed by atoms with E-state index in [1.165, 1.54) is 36.2 Å². The van der Waals surface area contributed by atoms with Gasteiger partial charge in [-0.3, -0.25) is 9.79 Å². The fourth-order valence-electron chi connectivity index (χ4n) is 3.63. The first-order valence-electron chi connectivity index (χ1n) is 11.0. The minimum Gasteiger partial charge on any atom is -0.508 e. The molecule has 1 saturated heterocycles. The van der Waals surface area contributed by atoms with Crippen LogP contribution in [0.2, 0.25) is 0 Å². The third kappa shape index (κ3) is 7.58. The van der Waals surface area contributed by atoms with Crippen LogP contribution in [0.25, 0.3) is 0 Å². The SMILES string of the molecule is CCNC(=NCCNC(=O)c1ccc(O)cc1)NC(C)c1cccc(N2CCCC2)c1.I. The largest absolute Gasteiger partial charge is 0.508 e. The number of nitrogens with zero attached hydrogens (tertiary/aromatic N) is 2. The van der Waals surface area contributed by atoms with Crippen LogP contribution < -0.4 is 20.9 Å². The number of hydrogen-bond acceptors (Lipinski definition) is 4. The number of carbonyl (C=O) groups is 1. The molecule has 0 bridgehead atoms. The average Bonchev–Trinajstić information content (AvgIpc) is 3.32. The summed E-state index contributed by atoms with van der Waals surface area (Å²) in [5, 5.41) is 18.9. The first-order chi connectivity index (χ1) is 15.1. The molecule has 7 nitrogen and oxygen atoms in total. The van der Waals surface area contributed by atoms with Crippen molar-refractivity contribution < 1.29 is 9.90 Å². The molecule has 3 rings (SSSR count). The van der Waals surface area contributed by atoms with E-state index in [-0.39, 0.29) is 41.7 Å². The number of rotatable bonds is 8. The van der Waals surface area contributed by atoms with E-state index in [1.807, 2.05) is 6.92 Å². The van der Waals surface area contributed by atoms with E-state index >= 15 is 0 Å². The molecule has 0 radical (unpaired) electrons. The fourth-order valence-corrected chi connectivity index (χ4v) is 3.63. The summed E-state index contributed by atoms with van der Waals surface area (Å²) in [6.07, 6.45) is 2.52. The van der Waals surface area contributed by atoms with Gasteiger partial charge in [-0.05, 0) is 68.7 Å². The number of halogens is 1. The summed E-state index contributed by atoms with van der Waals surface area (Å²) >= 11 is 0. The third-order valence-corrected chi connectivity index (χ3v) is 5.34. The second-order valence-corrected chi connectivity index (χ2v) is 7.72. The number of hydrogen-bond donors (Lipinski definition) is 4. The van der Waals surface area contributed by atoms with Crippen molar-refractivity contribution >= 4 is 41.5 Å². The number of phenolic OH excluding ortho intramolecular Hbond substituents is 1. The number of aromatic hydroxyl groups is 1. The van der Waals surface area contributed by atoms with Crippen LogP contribution in [0.1, 0.15) is 48.7 Å². The molecule has 1 heterocycles. The molecule has 0 spiro atoms. The van der Waals surface area contributed by atoms with Crippen LogP contribution in [0.4, 0.5) is 5.69 Å². The van der Waals surface area contributed by atoms with Gasteiger partial charge in [-0.2, -0.15) is 0 Å². The Morgan fingerprint density at radius 3 is 2.53 bits per heavy atom. The number of nitrogens with one attached hydrogen (secondary N) is 3. The molecule has 174 valence electrons. The average molecular weight is 551 g/mol. The highest BCUT2D eigenvalue weighted by molar-refractivity contribution is 14.0. The molecule has 1 atom stereocenters. The number of phenols is 1. The highest BCUT2D eigenvalue weighted by Gasteiger charge is 2.14. The van der Waals surface area contributed by atoms with Gasteiger partial charge in [-0.15, -0.1) is 24.0 Å². The van der Waals surface area contributed by atoms with Crippen molar-refractivity contribution in [1.82, 2.24) is 16.0 Å². The van der Waals surface area contributed by atoms with E-state index in [0.717, 1.165) is 25.6 Å². The van der Waals surface area contributed by atoms with Gasteiger partial charge in [0, 0.05) is 37.4 Å². The van der Waals surface area contributed by atoms with E-state index in [0.29, 0.717) is 18.7 Å². The summed E-state index contributed by atoms with van der Waals surface area (Å²) in [4.78, 5) is 19.2. The van der Waals surface area contributed by atoms with Crippen molar-refractivity contribution in [2.45, 2.75) is 32.7 Å². The smallest absolute Gasteiger partial charge is 0.251 e. The Balaban J connectivity index is 0.00000363. The summed E-state index contributed by atoms with van der Waals surface area (Å²) in [5.74, 6) is 0.684. The van der Waals surface area contributed by atoms with Gasteiger partial charge >= 0.3 is 0 Å². The predicted molar refractivity (Wildman–Crippen MR) is 141 cm³/mol. The summed E-state index contributed by atoms with van der Waals surface area (Å²) in [7, 11) is 0. The van der Waals surface area contributed by atoms with E-state index in [1.54, 1.807) is 12.1 Å². The molecule has 0 saturated carbocycles. The zero-order valence-corrected chi connectivity index (χ0v) is 21.1. The molecule has 0 aromatic heterocycles. The molecule has 8 heteroatoms. The fraction of sp³-hybridized carbons (Fsp3) is 0.417. The van der Waals surface area contributed by atoms with Gasteiger partial charge in [0.05, 0.1) is 12.6 Å². The Morgan fingerprint density at radius 2 is 1.84 bits per heavy atom. The molecule has 2 aromatic carbocycles. The number of aliphatic imine (C=N–C) groups is 1. The van der Waals surface area contributed by atoms with Crippen LogP contribution in [0.5, 0.6) is 5.75 Å². The molecule has 1 fully saturated rings. The molecule has 1 aliphatic heterocycles. The Hall–Kier alpha value is -2.49. The molecule has 32 heavy (non-hydrogen) atoms.